The molecule has 10 nitrogen and oxygen atoms in total. The van der Waals surface area contributed by atoms with Gasteiger partial charge in [0.15, 0.2) is 0 Å². The predicted molar refractivity (Wildman–Crippen MR) is 168 cm³/mol. The third-order valence-electron chi connectivity index (χ3n) is 8.61. The first-order valence-electron chi connectivity index (χ1n) is 15.4. The maximum Gasteiger partial charge on any atom is 0.332 e. The number of hydrogen-bond acceptors (Lipinski definition) is 6. The minimum atomic E-state index is -0.682. The van der Waals surface area contributed by atoms with Crippen LogP contribution in [0.4, 0.5) is 10.5 Å². The summed E-state index contributed by atoms with van der Waals surface area (Å²) in [7, 11) is 2.04. The normalized spacial score (nSPS) is 19.8. The summed E-state index contributed by atoms with van der Waals surface area (Å²) in [6.07, 6.45) is 0.640. The Morgan fingerprint density at radius 2 is 1.70 bits per heavy atom. The smallest absolute Gasteiger partial charge is 0.332 e. The van der Waals surface area contributed by atoms with Crippen LogP contribution >= 0.6 is 0 Å². The third-order valence-corrected chi connectivity index (χ3v) is 8.61. The van der Waals surface area contributed by atoms with E-state index in [2.05, 4.69) is 10.2 Å². The van der Waals surface area contributed by atoms with Crippen LogP contribution in [0.15, 0.2) is 78.9 Å². The van der Waals surface area contributed by atoms with Crippen molar-refractivity contribution in [3.63, 3.8) is 0 Å². The molecule has 0 radical (unpaired) electrons. The Labute approximate surface area is 258 Å². The lowest BCUT2D eigenvalue weighted by Crippen LogP contribution is -2.66. The van der Waals surface area contributed by atoms with E-state index in [1.165, 1.54) is 0 Å². The predicted octanol–water partition coefficient (Wildman–Crippen LogP) is 3.48. The summed E-state index contributed by atoms with van der Waals surface area (Å²) in [6, 6.07) is 24.6. The highest BCUT2D eigenvalue weighted by atomic mass is 16.5. The van der Waals surface area contributed by atoms with E-state index in [0.717, 1.165) is 41.1 Å². The van der Waals surface area contributed by atoms with Crippen molar-refractivity contribution in [3.05, 3.63) is 95.6 Å². The fourth-order valence-electron chi connectivity index (χ4n) is 6.51. The van der Waals surface area contributed by atoms with Crippen molar-refractivity contribution in [2.45, 2.75) is 45.1 Å². The molecule has 0 bridgehead atoms. The highest BCUT2D eigenvalue weighted by Gasteiger charge is 2.52. The number of nitrogens with one attached hydrogen (secondary N) is 1. The van der Waals surface area contributed by atoms with Crippen molar-refractivity contribution in [1.29, 1.82) is 0 Å². The molecule has 44 heavy (non-hydrogen) atoms. The summed E-state index contributed by atoms with van der Waals surface area (Å²) in [6.45, 7) is 4.92. The van der Waals surface area contributed by atoms with E-state index in [0.29, 0.717) is 32.7 Å². The lowest BCUT2D eigenvalue weighted by molar-refractivity contribution is -0.157. The molecule has 3 aromatic rings. The fraction of sp³-hybridized carbons (Fsp3) is 0.382. The van der Waals surface area contributed by atoms with Crippen molar-refractivity contribution in [2.75, 3.05) is 44.7 Å². The lowest BCUT2D eigenvalue weighted by Gasteiger charge is -2.46. The quantitative estimate of drug-likeness (QED) is 0.407. The van der Waals surface area contributed by atoms with Gasteiger partial charge in [-0.15, -0.1) is 0 Å². The summed E-state index contributed by atoms with van der Waals surface area (Å²) in [5.41, 5.74) is 3.95. The van der Waals surface area contributed by atoms with E-state index < -0.39 is 12.2 Å². The van der Waals surface area contributed by atoms with Crippen molar-refractivity contribution in [1.82, 2.24) is 25.1 Å². The number of urea groups is 1. The largest absolute Gasteiger partial charge is 0.490 e. The van der Waals surface area contributed by atoms with Gasteiger partial charge in [0.1, 0.15) is 24.6 Å². The number of amides is 4. The Bertz CT molecular complexity index is 1490. The first kappa shape index (κ1) is 29.5. The molecule has 3 heterocycles. The zero-order chi connectivity index (χ0) is 30.6. The van der Waals surface area contributed by atoms with Crippen LogP contribution in [-0.2, 0) is 29.1 Å². The van der Waals surface area contributed by atoms with Gasteiger partial charge in [-0.25, -0.2) is 4.79 Å². The van der Waals surface area contributed by atoms with Crippen LogP contribution in [0.5, 0.6) is 5.75 Å². The van der Waals surface area contributed by atoms with E-state index >= 15 is 0 Å². The molecule has 3 aromatic carbocycles. The zero-order valence-electron chi connectivity index (χ0n) is 25.4. The van der Waals surface area contributed by atoms with Crippen LogP contribution in [0.25, 0.3) is 0 Å². The van der Waals surface area contributed by atoms with Crippen LogP contribution < -0.4 is 15.0 Å². The first-order chi connectivity index (χ1) is 21.4. The summed E-state index contributed by atoms with van der Waals surface area (Å²) in [5.74, 6) is 0.573. The van der Waals surface area contributed by atoms with E-state index in [1.54, 1.807) is 9.91 Å². The molecule has 2 fully saturated rings. The standard InChI is InChI=1S/C34H40N6O4/c1-3-17-38(34(43)35-21-26-13-8-5-9-14-26)39-24-31(41)40-28(20-25-11-6-4-7-12-25)33(42)37(23-30(39)40)22-27-15-10-16-29-32(27)36(2)18-19-44-29/h4-16,28,30H,3,17-24H2,1-2H3,(H,35,43)/t28-,30+/m0/s1. The molecule has 2 atom stereocenters. The average molecular weight is 597 g/mol. The second kappa shape index (κ2) is 13.0. The van der Waals surface area contributed by atoms with Gasteiger partial charge >= 0.3 is 6.03 Å². The summed E-state index contributed by atoms with van der Waals surface area (Å²) in [5, 5.41) is 6.55. The minimum Gasteiger partial charge on any atom is -0.490 e. The minimum absolute atomic E-state index is 0.0349. The molecule has 0 aromatic heterocycles. The number of anilines is 1. The Morgan fingerprint density at radius 3 is 2.43 bits per heavy atom. The van der Waals surface area contributed by atoms with Gasteiger partial charge in [0, 0.05) is 33.1 Å². The molecule has 0 spiro atoms. The van der Waals surface area contributed by atoms with Gasteiger partial charge in [-0.3, -0.25) is 14.6 Å². The number of nitrogens with zero attached hydrogens (tertiary/aromatic N) is 5. The third kappa shape index (κ3) is 5.94. The van der Waals surface area contributed by atoms with Crippen LogP contribution in [-0.4, -0.2) is 89.7 Å². The van der Waals surface area contributed by atoms with E-state index in [9.17, 15) is 14.4 Å². The molecule has 3 aliphatic heterocycles. The van der Waals surface area contributed by atoms with Crippen LogP contribution in [0, 0.1) is 0 Å². The first-order valence-corrected chi connectivity index (χ1v) is 15.4. The molecule has 10 heteroatoms. The van der Waals surface area contributed by atoms with Gasteiger partial charge in [0.25, 0.3) is 0 Å². The Hall–Kier alpha value is -4.57. The fourth-order valence-corrected chi connectivity index (χ4v) is 6.51. The summed E-state index contributed by atoms with van der Waals surface area (Å²) in [4.78, 5) is 47.3. The number of rotatable bonds is 9. The molecular weight excluding hydrogens is 556 g/mol. The number of carbonyl (C=O) groups is 3. The second-order valence-corrected chi connectivity index (χ2v) is 11.6. The van der Waals surface area contributed by atoms with Crippen molar-refractivity contribution < 1.29 is 19.1 Å². The number of fused-ring (bicyclic) bond motifs is 2. The molecule has 230 valence electrons. The zero-order valence-corrected chi connectivity index (χ0v) is 25.4. The molecule has 0 aliphatic carbocycles. The molecule has 4 amide bonds. The van der Waals surface area contributed by atoms with E-state index in [1.807, 2.05) is 103 Å². The molecule has 0 unspecified atom stereocenters. The average Bonchev–Trinajstić information content (AvgIpc) is 3.36. The van der Waals surface area contributed by atoms with Crippen LogP contribution in [0.2, 0.25) is 0 Å². The maximum absolute atomic E-state index is 14.2. The van der Waals surface area contributed by atoms with E-state index in [4.69, 9.17) is 4.74 Å². The Kier molecular flexibility index (Phi) is 8.70. The van der Waals surface area contributed by atoms with Gasteiger partial charge in [0.2, 0.25) is 11.8 Å². The molecule has 1 N–H and O–H groups in total. The SMILES string of the molecule is CCCN(C(=O)NCc1ccccc1)N1CC(=O)N2[C@@H](Cc3ccccc3)C(=O)N(Cc3cccc4c3N(C)CCO4)C[C@@H]21. The monoisotopic (exact) mass is 596 g/mol. The van der Waals surface area contributed by atoms with Crippen molar-refractivity contribution in [2.24, 2.45) is 0 Å². The highest BCUT2D eigenvalue weighted by molar-refractivity contribution is 5.92. The van der Waals surface area contributed by atoms with Crippen LogP contribution in [0.3, 0.4) is 0 Å². The number of hydrogen-bond donors (Lipinski definition) is 1. The Morgan fingerprint density at radius 1 is 0.977 bits per heavy atom. The second-order valence-electron chi connectivity index (χ2n) is 11.6. The van der Waals surface area contributed by atoms with Gasteiger partial charge in [-0.2, -0.15) is 5.01 Å². The highest BCUT2D eigenvalue weighted by Crippen LogP contribution is 2.36. The molecular formula is C34H40N6O4. The maximum atomic E-state index is 14.2. The van der Waals surface area contributed by atoms with Crippen LogP contribution in [0.1, 0.15) is 30.0 Å². The molecule has 6 rings (SSSR count). The number of likely N-dealkylation sites (N-methyl/N-ethyl adjacent to an activating group) is 1. The number of hydrazine groups is 1. The van der Waals surface area contributed by atoms with E-state index in [-0.39, 0.29) is 30.9 Å². The van der Waals surface area contributed by atoms with Gasteiger partial charge in [-0.1, -0.05) is 79.7 Å². The number of ether oxygens (including phenoxy) is 1. The Balaban J connectivity index is 1.31. The van der Waals surface area contributed by atoms with Gasteiger partial charge in [-0.05, 0) is 29.2 Å². The number of carbonyl (C=O) groups excluding carboxylic acids is 3. The number of benzene rings is 3. The number of piperazine rings is 1. The van der Waals surface area contributed by atoms with Crippen molar-refractivity contribution in [3.8, 4) is 5.75 Å². The molecule has 3 aliphatic rings. The molecule has 0 saturated carbocycles. The van der Waals surface area contributed by atoms with Crippen molar-refractivity contribution >= 4 is 23.5 Å². The van der Waals surface area contributed by atoms with Gasteiger partial charge in [0.05, 0.1) is 25.3 Å². The summed E-state index contributed by atoms with van der Waals surface area (Å²) < 4.78 is 5.93. The van der Waals surface area contributed by atoms with Gasteiger partial charge < -0.3 is 24.8 Å². The lowest BCUT2D eigenvalue weighted by atomic mass is 9.99. The summed E-state index contributed by atoms with van der Waals surface area (Å²) >= 11 is 0. The topological polar surface area (TPSA) is 88.7 Å². The number of para-hydroxylation sites is 1. The molecule has 2 saturated heterocycles.